The van der Waals surface area contributed by atoms with Crippen molar-refractivity contribution in [1.82, 2.24) is 4.98 Å². The third-order valence-corrected chi connectivity index (χ3v) is 3.71. The first-order valence-electron chi connectivity index (χ1n) is 6.38. The summed E-state index contributed by atoms with van der Waals surface area (Å²) < 4.78 is 6.19. The zero-order valence-electron chi connectivity index (χ0n) is 11.6. The number of anilines is 2. The fraction of sp³-hybridized carbons (Fsp3) is 0.267. The van der Waals surface area contributed by atoms with E-state index in [0.717, 1.165) is 40.3 Å². The molecule has 0 aliphatic carbocycles. The summed E-state index contributed by atoms with van der Waals surface area (Å²) >= 11 is 3.49. The maximum absolute atomic E-state index is 5.75. The molecule has 3 N–H and O–H groups in total. The van der Waals surface area contributed by atoms with E-state index < -0.39 is 0 Å². The number of nitrogens with two attached hydrogens (primary N) is 1. The second-order valence-corrected chi connectivity index (χ2v) is 5.43. The molecule has 1 heterocycles. The lowest BCUT2D eigenvalue weighted by molar-refractivity contribution is 0.412. The summed E-state index contributed by atoms with van der Waals surface area (Å²) in [6.07, 6.45) is 2.59. The van der Waals surface area contributed by atoms with Crippen molar-refractivity contribution in [3.8, 4) is 5.75 Å². The molecule has 0 amide bonds. The van der Waals surface area contributed by atoms with Gasteiger partial charge in [-0.2, -0.15) is 0 Å². The van der Waals surface area contributed by atoms with E-state index in [1.807, 2.05) is 19.1 Å². The number of rotatable bonds is 5. The van der Waals surface area contributed by atoms with Crippen LogP contribution >= 0.6 is 15.9 Å². The van der Waals surface area contributed by atoms with E-state index in [2.05, 4.69) is 38.4 Å². The Bertz CT molecular complexity index is 602. The van der Waals surface area contributed by atoms with Gasteiger partial charge in [-0.15, -0.1) is 0 Å². The van der Waals surface area contributed by atoms with Crippen LogP contribution in [0, 0.1) is 6.92 Å². The molecular formula is C15H18BrN3O. The van der Waals surface area contributed by atoms with Gasteiger partial charge < -0.3 is 15.8 Å². The molecular weight excluding hydrogens is 318 g/mol. The van der Waals surface area contributed by atoms with Crippen LogP contribution in [0.5, 0.6) is 5.75 Å². The minimum absolute atomic E-state index is 0.717. The van der Waals surface area contributed by atoms with Gasteiger partial charge >= 0.3 is 0 Å². The van der Waals surface area contributed by atoms with Gasteiger partial charge in [0.1, 0.15) is 11.6 Å². The number of hydrogen-bond donors (Lipinski definition) is 2. The van der Waals surface area contributed by atoms with Crippen LogP contribution in [0.3, 0.4) is 0 Å². The highest BCUT2D eigenvalue weighted by Gasteiger charge is 2.02. The molecule has 1 aromatic heterocycles. The van der Waals surface area contributed by atoms with E-state index in [4.69, 9.17) is 10.5 Å². The molecule has 1 aromatic carbocycles. The summed E-state index contributed by atoms with van der Waals surface area (Å²) in [7, 11) is 1.66. The van der Waals surface area contributed by atoms with Crippen molar-refractivity contribution in [2.45, 2.75) is 13.3 Å². The monoisotopic (exact) mass is 335 g/mol. The number of hydrogen-bond acceptors (Lipinski definition) is 4. The predicted octanol–water partition coefficient (Wildman–Crippen LogP) is 3.40. The van der Waals surface area contributed by atoms with Crippen molar-refractivity contribution in [1.29, 1.82) is 0 Å². The third kappa shape index (κ3) is 3.63. The summed E-state index contributed by atoms with van der Waals surface area (Å²) in [5.74, 6) is 1.70. The van der Waals surface area contributed by atoms with Crippen LogP contribution in [0.1, 0.15) is 11.1 Å². The maximum atomic E-state index is 5.75. The lowest BCUT2D eigenvalue weighted by atomic mass is 10.1. The fourth-order valence-electron chi connectivity index (χ4n) is 1.86. The van der Waals surface area contributed by atoms with Crippen LogP contribution in [0.4, 0.5) is 11.5 Å². The SMILES string of the molecule is COc1ccc(CCNc2cc(C)c(N)cn2)cc1Br. The highest BCUT2D eigenvalue weighted by molar-refractivity contribution is 9.10. The molecule has 0 saturated carbocycles. The summed E-state index contributed by atoms with van der Waals surface area (Å²) in [5, 5.41) is 3.30. The van der Waals surface area contributed by atoms with E-state index in [0.29, 0.717) is 0 Å². The molecule has 2 rings (SSSR count). The van der Waals surface area contributed by atoms with Crippen molar-refractivity contribution in [2.24, 2.45) is 0 Å². The standard InChI is InChI=1S/C15H18BrN3O/c1-10-7-15(19-9-13(10)17)18-6-5-11-3-4-14(20-2)12(16)8-11/h3-4,7-9H,5-6,17H2,1-2H3,(H,18,19). The molecule has 0 bridgehead atoms. The lowest BCUT2D eigenvalue weighted by Crippen LogP contribution is -2.07. The number of nitrogen functional groups attached to an aromatic ring is 1. The first-order valence-corrected chi connectivity index (χ1v) is 7.18. The Kier molecular flexibility index (Phi) is 4.84. The van der Waals surface area contributed by atoms with Gasteiger partial charge in [-0.1, -0.05) is 6.07 Å². The average molecular weight is 336 g/mol. The van der Waals surface area contributed by atoms with Crippen molar-refractivity contribution in [2.75, 3.05) is 24.7 Å². The van der Waals surface area contributed by atoms with Crippen molar-refractivity contribution < 1.29 is 4.74 Å². The largest absolute Gasteiger partial charge is 0.496 e. The van der Waals surface area contributed by atoms with Crippen LogP contribution in [0.15, 0.2) is 34.9 Å². The number of methoxy groups -OCH3 is 1. The summed E-state index contributed by atoms with van der Waals surface area (Å²) in [4.78, 5) is 4.25. The van der Waals surface area contributed by atoms with E-state index in [1.165, 1.54) is 5.56 Å². The van der Waals surface area contributed by atoms with Crippen LogP contribution < -0.4 is 15.8 Å². The second kappa shape index (κ2) is 6.61. The normalized spacial score (nSPS) is 10.3. The Labute approximate surface area is 127 Å². The molecule has 0 saturated heterocycles. The van der Waals surface area contributed by atoms with E-state index in [1.54, 1.807) is 13.3 Å². The van der Waals surface area contributed by atoms with Crippen LogP contribution in [0.2, 0.25) is 0 Å². The number of nitrogens with one attached hydrogen (secondary N) is 1. The number of benzene rings is 1. The van der Waals surface area contributed by atoms with E-state index in [9.17, 15) is 0 Å². The summed E-state index contributed by atoms with van der Waals surface area (Å²) in [6, 6.07) is 8.05. The molecule has 0 aliphatic heterocycles. The molecule has 0 spiro atoms. The minimum Gasteiger partial charge on any atom is -0.496 e. The van der Waals surface area contributed by atoms with Crippen molar-refractivity contribution >= 4 is 27.4 Å². The van der Waals surface area contributed by atoms with Gasteiger partial charge in [-0.3, -0.25) is 0 Å². The minimum atomic E-state index is 0.717. The van der Waals surface area contributed by atoms with Gasteiger partial charge in [0.2, 0.25) is 0 Å². The molecule has 0 fully saturated rings. The van der Waals surface area contributed by atoms with Crippen LogP contribution in [0.25, 0.3) is 0 Å². The third-order valence-electron chi connectivity index (χ3n) is 3.09. The summed E-state index contributed by atoms with van der Waals surface area (Å²) in [6.45, 7) is 2.79. The Morgan fingerprint density at radius 3 is 2.80 bits per heavy atom. The lowest BCUT2D eigenvalue weighted by Gasteiger charge is -2.09. The molecule has 2 aromatic rings. The number of pyridine rings is 1. The number of halogens is 1. The zero-order chi connectivity index (χ0) is 14.5. The summed E-state index contributed by atoms with van der Waals surface area (Å²) in [5.41, 5.74) is 8.73. The predicted molar refractivity (Wildman–Crippen MR) is 86.3 cm³/mol. The average Bonchev–Trinajstić information content (AvgIpc) is 2.43. The number of aryl methyl sites for hydroxylation is 1. The Morgan fingerprint density at radius 1 is 1.35 bits per heavy atom. The van der Waals surface area contributed by atoms with Crippen LogP contribution in [-0.2, 0) is 6.42 Å². The first-order chi connectivity index (χ1) is 9.60. The molecule has 5 heteroatoms. The van der Waals surface area contributed by atoms with Gasteiger partial charge in [0.15, 0.2) is 0 Å². The highest BCUT2D eigenvalue weighted by Crippen LogP contribution is 2.25. The number of nitrogens with zero attached hydrogens (tertiary/aromatic N) is 1. The second-order valence-electron chi connectivity index (χ2n) is 4.57. The van der Waals surface area contributed by atoms with Crippen molar-refractivity contribution in [3.05, 3.63) is 46.1 Å². The van der Waals surface area contributed by atoms with Gasteiger partial charge in [-0.05, 0) is 58.6 Å². The van der Waals surface area contributed by atoms with Gasteiger partial charge in [-0.25, -0.2) is 4.98 Å². The van der Waals surface area contributed by atoms with Gasteiger partial charge in [0.05, 0.1) is 23.5 Å². The molecule has 106 valence electrons. The zero-order valence-corrected chi connectivity index (χ0v) is 13.2. The number of aromatic nitrogens is 1. The maximum Gasteiger partial charge on any atom is 0.133 e. The molecule has 4 nitrogen and oxygen atoms in total. The first kappa shape index (κ1) is 14.7. The molecule has 0 radical (unpaired) electrons. The van der Waals surface area contributed by atoms with Crippen LogP contribution in [-0.4, -0.2) is 18.6 Å². The molecule has 0 atom stereocenters. The highest BCUT2D eigenvalue weighted by atomic mass is 79.9. The van der Waals surface area contributed by atoms with Gasteiger partial charge in [0.25, 0.3) is 0 Å². The fourth-order valence-corrected chi connectivity index (χ4v) is 2.45. The Morgan fingerprint density at radius 2 is 2.15 bits per heavy atom. The van der Waals surface area contributed by atoms with Crippen molar-refractivity contribution in [3.63, 3.8) is 0 Å². The number of ether oxygens (including phenoxy) is 1. The van der Waals surface area contributed by atoms with Gasteiger partial charge in [0, 0.05) is 6.54 Å². The smallest absolute Gasteiger partial charge is 0.133 e. The molecule has 20 heavy (non-hydrogen) atoms. The topological polar surface area (TPSA) is 60.2 Å². The molecule has 0 unspecified atom stereocenters. The van der Waals surface area contributed by atoms with E-state index in [-0.39, 0.29) is 0 Å². The quantitative estimate of drug-likeness (QED) is 0.879. The Hall–Kier alpha value is -1.75. The molecule has 0 aliphatic rings. The van der Waals surface area contributed by atoms with E-state index >= 15 is 0 Å². The Balaban J connectivity index is 1.92.